The van der Waals surface area contributed by atoms with Crippen LogP contribution in [0.15, 0.2) is 66.7 Å². The first-order valence-corrected chi connectivity index (χ1v) is 13.1. The summed E-state index contributed by atoms with van der Waals surface area (Å²) in [6.45, 7) is 3.51. The molecule has 0 atom stereocenters. The molecule has 0 saturated carbocycles. The van der Waals surface area contributed by atoms with Gasteiger partial charge in [-0.3, -0.25) is 10.2 Å². The van der Waals surface area contributed by atoms with Crippen molar-refractivity contribution in [3.63, 3.8) is 0 Å². The number of aromatic carboxylic acids is 1. The maximum atomic E-state index is 13.3. The number of rotatable bonds is 6. The van der Waals surface area contributed by atoms with Crippen molar-refractivity contribution < 1.29 is 14.7 Å². The van der Waals surface area contributed by atoms with Crippen LogP contribution in [0.25, 0.3) is 28.1 Å². The van der Waals surface area contributed by atoms with Crippen LogP contribution < -0.4 is 5.43 Å². The molecule has 2 heterocycles. The average molecular weight is 549 g/mol. The van der Waals surface area contributed by atoms with Crippen molar-refractivity contribution >= 4 is 35.1 Å². The Kier molecular flexibility index (Phi) is 7.51. The molecule has 0 bridgehead atoms. The predicted octanol–water partition coefficient (Wildman–Crippen LogP) is 6.65. The maximum Gasteiger partial charge on any atom is 0.335 e. The number of aromatic nitrogens is 2. The van der Waals surface area contributed by atoms with Crippen LogP contribution in [-0.2, 0) is 0 Å². The third-order valence-electron chi connectivity index (χ3n) is 6.71. The van der Waals surface area contributed by atoms with Crippen LogP contribution in [0, 0.1) is 6.92 Å². The lowest BCUT2D eigenvalue weighted by atomic mass is 10.00. The molecule has 1 amide bonds. The van der Waals surface area contributed by atoms with Gasteiger partial charge < -0.3 is 5.11 Å². The fourth-order valence-electron chi connectivity index (χ4n) is 4.71. The van der Waals surface area contributed by atoms with Gasteiger partial charge in [0.15, 0.2) is 5.69 Å². The second-order valence-electron chi connectivity index (χ2n) is 9.28. The number of nitrogens with one attached hydrogen (secondary N) is 1. The summed E-state index contributed by atoms with van der Waals surface area (Å²) < 4.78 is 1.69. The number of halogens is 2. The van der Waals surface area contributed by atoms with Gasteiger partial charge in [0.1, 0.15) is 0 Å². The van der Waals surface area contributed by atoms with Gasteiger partial charge in [-0.05, 0) is 61.2 Å². The fraction of sp³-hybridized carbons (Fsp3) is 0.207. The minimum absolute atomic E-state index is 0.236. The highest BCUT2D eigenvalue weighted by atomic mass is 35.5. The summed E-state index contributed by atoms with van der Waals surface area (Å²) in [4.78, 5) is 24.5. The Hall–Kier alpha value is -3.65. The van der Waals surface area contributed by atoms with Gasteiger partial charge in [-0.25, -0.2) is 14.5 Å². The standard InChI is InChI=1S/C29H26Cl2N4O3/c1-18-26(28(36)33-34-15-3-2-4-16-34)32-35(25-14-13-23(30)17-24(25)31)27(18)21-9-5-19(6-10-21)20-7-11-22(12-8-20)29(37)38/h5-14,17H,2-4,15-16H2,1H3,(H,33,36)(H,37,38). The Morgan fingerprint density at radius 2 is 1.47 bits per heavy atom. The van der Waals surface area contributed by atoms with Crippen LogP contribution in [0.4, 0.5) is 0 Å². The first-order valence-electron chi connectivity index (χ1n) is 12.4. The van der Waals surface area contributed by atoms with Gasteiger partial charge in [-0.1, -0.05) is 66.0 Å². The molecule has 9 heteroatoms. The molecule has 4 aromatic rings. The number of amides is 1. The average Bonchev–Trinajstić information content (AvgIpc) is 3.26. The van der Waals surface area contributed by atoms with Crippen LogP contribution in [-0.4, -0.2) is 44.9 Å². The summed E-state index contributed by atoms with van der Waals surface area (Å²) in [6.07, 6.45) is 3.26. The fourth-order valence-corrected chi connectivity index (χ4v) is 5.19. The molecular formula is C29H26Cl2N4O3. The molecule has 0 spiro atoms. The lowest BCUT2D eigenvalue weighted by molar-refractivity contribution is 0.0695. The molecule has 3 aromatic carbocycles. The summed E-state index contributed by atoms with van der Waals surface area (Å²) >= 11 is 12.7. The third kappa shape index (κ3) is 5.31. The predicted molar refractivity (Wildman–Crippen MR) is 149 cm³/mol. The quantitative estimate of drug-likeness (QED) is 0.281. The zero-order valence-corrected chi connectivity index (χ0v) is 22.3. The Bertz CT molecular complexity index is 1490. The van der Waals surface area contributed by atoms with Gasteiger partial charge in [-0.2, -0.15) is 5.10 Å². The Morgan fingerprint density at radius 1 is 0.868 bits per heavy atom. The van der Waals surface area contributed by atoms with Crippen LogP contribution in [0.5, 0.6) is 0 Å². The number of hydrazine groups is 1. The summed E-state index contributed by atoms with van der Waals surface area (Å²) in [7, 11) is 0. The largest absolute Gasteiger partial charge is 0.478 e. The Balaban J connectivity index is 1.54. The molecule has 1 aliphatic rings. The van der Waals surface area contributed by atoms with E-state index in [1.54, 1.807) is 47.1 Å². The molecule has 0 unspecified atom stereocenters. The second-order valence-corrected chi connectivity index (χ2v) is 10.1. The van der Waals surface area contributed by atoms with Crippen molar-refractivity contribution in [1.82, 2.24) is 20.2 Å². The SMILES string of the molecule is Cc1c(C(=O)NN2CCCCC2)nn(-c2ccc(Cl)cc2Cl)c1-c1ccc(-c2ccc(C(=O)O)cc2)cc1. The summed E-state index contributed by atoms with van der Waals surface area (Å²) in [5.41, 5.74) is 8.33. The van der Waals surface area contributed by atoms with Crippen molar-refractivity contribution in [2.75, 3.05) is 13.1 Å². The molecule has 194 valence electrons. The molecule has 7 nitrogen and oxygen atoms in total. The molecule has 1 aromatic heterocycles. The summed E-state index contributed by atoms with van der Waals surface area (Å²) in [6, 6.07) is 19.7. The summed E-state index contributed by atoms with van der Waals surface area (Å²) in [5.74, 6) is -1.22. The van der Waals surface area contributed by atoms with Crippen LogP contribution >= 0.6 is 23.2 Å². The van der Waals surface area contributed by atoms with Crippen LogP contribution in [0.2, 0.25) is 10.0 Å². The van der Waals surface area contributed by atoms with Gasteiger partial charge in [0, 0.05) is 29.2 Å². The number of carbonyl (C=O) groups is 2. The molecule has 0 radical (unpaired) electrons. The molecule has 0 aliphatic carbocycles. The number of carboxylic acids is 1. The van der Waals surface area contributed by atoms with E-state index in [4.69, 9.17) is 33.4 Å². The molecule has 2 N–H and O–H groups in total. The van der Waals surface area contributed by atoms with Crippen molar-refractivity contribution in [2.24, 2.45) is 0 Å². The van der Waals surface area contributed by atoms with Gasteiger partial charge in [0.2, 0.25) is 0 Å². The number of benzene rings is 3. The number of piperidine rings is 1. The van der Waals surface area contributed by atoms with E-state index >= 15 is 0 Å². The zero-order valence-electron chi connectivity index (χ0n) is 20.7. The Labute approximate surface area is 230 Å². The van der Waals surface area contributed by atoms with E-state index in [1.165, 1.54) is 6.42 Å². The normalized spacial score (nSPS) is 13.9. The first kappa shape index (κ1) is 26.0. The number of carbonyl (C=O) groups excluding carboxylic acids is 1. The van der Waals surface area contributed by atoms with E-state index in [0.29, 0.717) is 21.4 Å². The van der Waals surface area contributed by atoms with E-state index in [0.717, 1.165) is 53.9 Å². The summed E-state index contributed by atoms with van der Waals surface area (Å²) in [5, 5.41) is 16.7. The van der Waals surface area contributed by atoms with Gasteiger partial charge in [-0.15, -0.1) is 0 Å². The van der Waals surface area contributed by atoms with Gasteiger partial charge >= 0.3 is 5.97 Å². The number of hydrogen-bond donors (Lipinski definition) is 2. The smallest absolute Gasteiger partial charge is 0.335 e. The number of nitrogens with zero attached hydrogens (tertiary/aromatic N) is 3. The monoisotopic (exact) mass is 548 g/mol. The molecule has 1 fully saturated rings. The maximum absolute atomic E-state index is 13.3. The van der Waals surface area contributed by atoms with E-state index in [2.05, 4.69) is 5.43 Å². The second kappa shape index (κ2) is 11.0. The Morgan fingerprint density at radius 3 is 2.08 bits per heavy atom. The molecule has 5 rings (SSSR count). The van der Waals surface area contributed by atoms with Crippen LogP contribution in [0.1, 0.15) is 45.7 Å². The first-order chi connectivity index (χ1) is 18.3. The highest BCUT2D eigenvalue weighted by Gasteiger charge is 2.25. The third-order valence-corrected chi connectivity index (χ3v) is 7.25. The lowest BCUT2D eigenvalue weighted by Gasteiger charge is -2.26. The molecule has 1 saturated heterocycles. The van der Waals surface area contributed by atoms with Crippen molar-refractivity contribution in [3.8, 4) is 28.1 Å². The van der Waals surface area contributed by atoms with Crippen molar-refractivity contribution in [1.29, 1.82) is 0 Å². The van der Waals surface area contributed by atoms with Crippen molar-refractivity contribution in [3.05, 3.63) is 93.6 Å². The van der Waals surface area contributed by atoms with Gasteiger partial charge in [0.25, 0.3) is 5.91 Å². The van der Waals surface area contributed by atoms with E-state index in [9.17, 15) is 9.59 Å². The topological polar surface area (TPSA) is 87.5 Å². The van der Waals surface area contributed by atoms with E-state index < -0.39 is 5.97 Å². The minimum atomic E-state index is -0.961. The highest BCUT2D eigenvalue weighted by molar-refractivity contribution is 6.35. The number of carboxylic acid groups (broad SMARTS) is 1. The van der Waals surface area contributed by atoms with Gasteiger partial charge in [0.05, 0.1) is 22.0 Å². The molecule has 1 aliphatic heterocycles. The van der Waals surface area contributed by atoms with E-state index in [-0.39, 0.29) is 11.5 Å². The van der Waals surface area contributed by atoms with E-state index in [1.807, 2.05) is 36.2 Å². The van der Waals surface area contributed by atoms with Crippen molar-refractivity contribution in [2.45, 2.75) is 26.2 Å². The highest BCUT2D eigenvalue weighted by Crippen LogP contribution is 2.34. The lowest BCUT2D eigenvalue weighted by Crippen LogP contribution is -2.45. The molecular weight excluding hydrogens is 523 g/mol. The molecule has 38 heavy (non-hydrogen) atoms. The van der Waals surface area contributed by atoms with Crippen LogP contribution in [0.3, 0.4) is 0 Å². The zero-order chi connectivity index (χ0) is 26.8. The minimum Gasteiger partial charge on any atom is -0.478 e. The number of hydrogen-bond acceptors (Lipinski definition) is 4.